The Morgan fingerprint density at radius 2 is 1.71 bits per heavy atom. The van der Waals surface area contributed by atoms with E-state index >= 15 is 0 Å². The molecule has 4 nitrogen and oxygen atoms in total. The van der Waals surface area contributed by atoms with E-state index in [1.54, 1.807) is 18.3 Å². The van der Waals surface area contributed by atoms with Crippen molar-refractivity contribution < 1.29 is 9.90 Å². The van der Waals surface area contributed by atoms with Crippen molar-refractivity contribution >= 4 is 12.1 Å². The molecule has 1 N–H and O–H groups in total. The maximum Gasteiger partial charge on any atom is 0.250 e. The molecule has 106 valence electrons. The van der Waals surface area contributed by atoms with Crippen molar-refractivity contribution in [3.63, 3.8) is 0 Å². The minimum Gasteiger partial charge on any atom is -0.365 e. The van der Waals surface area contributed by atoms with Crippen molar-refractivity contribution in [2.75, 3.05) is 0 Å². The zero-order chi connectivity index (χ0) is 14.7. The summed E-state index contributed by atoms with van der Waals surface area (Å²) in [5.74, 6) is -0.221. The number of benzene rings is 2. The van der Waals surface area contributed by atoms with Crippen LogP contribution in [-0.2, 0) is 16.9 Å². The Labute approximate surface area is 123 Å². The molecule has 0 fully saturated rings. The molecule has 4 heteroatoms. The van der Waals surface area contributed by atoms with Gasteiger partial charge in [-0.05, 0) is 5.56 Å². The van der Waals surface area contributed by atoms with Crippen molar-refractivity contribution in [1.82, 2.24) is 5.01 Å². The van der Waals surface area contributed by atoms with Gasteiger partial charge in [0.25, 0.3) is 0 Å². The van der Waals surface area contributed by atoms with E-state index in [0.29, 0.717) is 12.0 Å². The van der Waals surface area contributed by atoms with E-state index in [1.807, 2.05) is 48.5 Å². The molecule has 3 rings (SSSR count). The smallest absolute Gasteiger partial charge is 0.250 e. The molecule has 1 heterocycles. The molecule has 0 spiro atoms. The van der Waals surface area contributed by atoms with Gasteiger partial charge in [-0.3, -0.25) is 4.79 Å². The number of carbonyl (C=O) groups is 1. The number of hydrazone groups is 1. The van der Waals surface area contributed by atoms with E-state index < -0.39 is 5.72 Å². The summed E-state index contributed by atoms with van der Waals surface area (Å²) in [6, 6.07) is 18.6. The summed E-state index contributed by atoms with van der Waals surface area (Å²) < 4.78 is 0. The molecule has 1 aliphatic rings. The topological polar surface area (TPSA) is 52.9 Å². The normalized spacial score (nSPS) is 20.7. The Hall–Kier alpha value is -2.46. The fraction of sp³-hybridized carbons (Fsp3) is 0.176. The van der Waals surface area contributed by atoms with Crippen LogP contribution in [0, 0.1) is 0 Å². The summed E-state index contributed by atoms with van der Waals surface area (Å²) in [7, 11) is 0. The Balaban J connectivity index is 1.84. The fourth-order valence-corrected chi connectivity index (χ4v) is 2.49. The van der Waals surface area contributed by atoms with Crippen LogP contribution < -0.4 is 0 Å². The molecule has 0 aromatic heterocycles. The lowest BCUT2D eigenvalue weighted by atomic mass is 9.99. The first kappa shape index (κ1) is 13.5. The van der Waals surface area contributed by atoms with E-state index in [0.717, 1.165) is 5.56 Å². The van der Waals surface area contributed by atoms with Crippen molar-refractivity contribution in [1.29, 1.82) is 0 Å². The largest absolute Gasteiger partial charge is 0.365 e. The van der Waals surface area contributed by atoms with Crippen LogP contribution in [0.3, 0.4) is 0 Å². The van der Waals surface area contributed by atoms with Gasteiger partial charge in [0.2, 0.25) is 5.91 Å². The second kappa shape index (κ2) is 5.50. The molecular weight excluding hydrogens is 264 g/mol. The lowest BCUT2D eigenvalue weighted by Gasteiger charge is -2.31. The van der Waals surface area contributed by atoms with Crippen LogP contribution in [0.4, 0.5) is 0 Å². The second-order valence-corrected chi connectivity index (χ2v) is 5.05. The van der Waals surface area contributed by atoms with Crippen LogP contribution in [0.2, 0.25) is 0 Å². The van der Waals surface area contributed by atoms with Crippen LogP contribution >= 0.6 is 0 Å². The summed E-state index contributed by atoms with van der Waals surface area (Å²) >= 11 is 0. The number of nitrogens with zero attached hydrogens (tertiary/aromatic N) is 2. The quantitative estimate of drug-likeness (QED) is 0.938. The Morgan fingerprint density at radius 3 is 2.38 bits per heavy atom. The highest BCUT2D eigenvalue weighted by Gasteiger charge is 2.42. The van der Waals surface area contributed by atoms with Gasteiger partial charge in [0.05, 0.1) is 6.42 Å². The monoisotopic (exact) mass is 280 g/mol. The molecule has 1 amide bonds. The van der Waals surface area contributed by atoms with E-state index in [9.17, 15) is 9.90 Å². The molecule has 1 atom stereocenters. The molecule has 1 aliphatic heterocycles. The average molecular weight is 280 g/mol. The summed E-state index contributed by atoms with van der Waals surface area (Å²) in [6.07, 6.45) is 2.10. The molecule has 2 aromatic rings. The average Bonchev–Trinajstić information content (AvgIpc) is 2.92. The highest BCUT2D eigenvalue weighted by molar-refractivity contribution is 5.82. The minimum atomic E-state index is -1.38. The van der Waals surface area contributed by atoms with Crippen molar-refractivity contribution in [3.8, 4) is 0 Å². The van der Waals surface area contributed by atoms with E-state index in [1.165, 1.54) is 5.01 Å². The standard InChI is InChI=1S/C17H16N2O2/c20-16(13-14-7-3-1-4-8-14)19-17(21,11-12-18-19)15-9-5-2-6-10-15/h1-10,12,21H,11,13H2/t17-/m0/s1. The zero-order valence-electron chi connectivity index (χ0n) is 11.5. The Morgan fingerprint density at radius 1 is 1.10 bits per heavy atom. The molecule has 21 heavy (non-hydrogen) atoms. The van der Waals surface area contributed by atoms with Gasteiger partial charge in [0, 0.05) is 18.2 Å². The molecule has 0 saturated heterocycles. The Kier molecular flexibility index (Phi) is 3.54. The van der Waals surface area contributed by atoms with Gasteiger partial charge in [-0.2, -0.15) is 10.1 Å². The van der Waals surface area contributed by atoms with Crippen molar-refractivity contribution in [2.45, 2.75) is 18.6 Å². The molecular formula is C17H16N2O2. The number of carbonyl (C=O) groups excluding carboxylic acids is 1. The third-order valence-electron chi connectivity index (χ3n) is 3.59. The molecule has 0 saturated carbocycles. The van der Waals surface area contributed by atoms with E-state index in [-0.39, 0.29) is 12.3 Å². The van der Waals surface area contributed by atoms with E-state index in [2.05, 4.69) is 5.10 Å². The summed E-state index contributed by atoms with van der Waals surface area (Å²) in [6.45, 7) is 0. The molecule has 0 aliphatic carbocycles. The Bertz CT molecular complexity index is 655. The van der Waals surface area contributed by atoms with Crippen LogP contribution in [0.25, 0.3) is 0 Å². The first-order valence-corrected chi connectivity index (χ1v) is 6.87. The fourth-order valence-electron chi connectivity index (χ4n) is 2.49. The van der Waals surface area contributed by atoms with Crippen molar-refractivity contribution in [3.05, 3.63) is 71.8 Å². The summed E-state index contributed by atoms with van der Waals surface area (Å²) in [4.78, 5) is 12.5. The SMILES string of the molecule is O=C(Cc1ccccc1)N1N=CC[C@]1(O)c1ccccc1. The summed E-state index contributed by atoms with van der Waals surface area (Å²) in [5.41, 5.74) is 0.191. The van der Waals surface area contributed by atoms with Crippen molar-refractivity contribution in [2.24, 2.45) is 5.10 Å². The van der Waals surface area contributed by atoms with Gasteiger partial charge in [0.1, 0.15) is 0 Å². The predicted molar refractivity (Wildman–Crippen MR) is 80.4 cm³/mol. The lowest BCUT2D eigenvalue weighted by Crippen LogP contribution is -2.44. The summed E-state index contributed by atoms with van der Waals surface area (Å²) in [5, 5.41) is 16.1. The first-order chi connectivity index (χ1) is 10.2. The highest BCUT2D eigenvalue weighted by Crippen LogP contribution is 2.33. The van der Waals surface area contributed by atoms with Gasteiger partial charge in [0.15, 0.2) is 5.72 Å². The maximum absolute atomic E-state index is 12.5. The highest BCUT2D eigenvalue weighted by atomic mass is 16.3. The van der Waals surface area contributed by atoms with E-state index in [4.69, 9.17) is 0 Å². The van der Waals surface area contributed by atoms with Gasteiger partial charge >= 0.3 is 0 Å². The maximum atomic E-state index is 12.5. The van der Waals surface area contributed by atoms with Gasteiger partial charge < -0.3 is 5.11 Å². The third-order valence-corrected chi connectivity index (χ3v) is 3.59. The second-order valence-electron chi connectivity index (χ2n) is 5.05. The predicted octanol–water partition coefficient (Wildman–Crippen LogP) is 2.29. The lowest BCUT2D eigenvalue weighted by molar-refractivity contribution is -0.157. The van der Waals surface area contributed by atoms with Crippen LogP contribution in [0.5, 0.6) is 0 Å². The third kappa shape index (κ3) is 2.58. The molecule has 0 unspecified atom stereocenters. The van der Waals surface area contributed by atoms with Crippen LogP contribution in [0.15, 0.2) is 65.8 Å². The van der Waals surface area contributed by atoms with Crippen LogP contribution in [0.1, 0.15) is 17.5 Å². The number of rotatable bonds is 3. The van der Waals surface area contributed by atoms with Crippen LogP contribution in [-0.4, -0.2) is 22.2 Å². The number of aliphatic hydroxyl groups is 1. The van der Waals surface area contributed by atoms with Gasteiger partial charge in [-0.15, -0.1) is 0 Å². The minimum absolute atomic E-state index is 0.216. The number of amides is 1. The number of hydrogen-bond donors (Lipinski definition) is 1. The number of hydrogen-bond acceptors (Lipinski definition) is 3. The first-order valence-electron chi connectivity index (χ1n) is 6.87. The molecule has 0 bridgehead atoms. The van der Waals surface area contributed by atoms with Gasteiger partial charge in [-0.1, -0.05) is 60.7 Å². The van der Waals surface area contributed by atoms with Gasteiger partial charge in [-0.25, -0.2) is 0 Å². The zero-order valence-corrected chi connectivity index (χ0v) is 11.5. The molecule has 0 radical (unpaired) electrons. The molecule has 2 aromatic carbocycles.